The Morgan fingerprint density at radius 2 is 1.87 bits per heavy atom. The van der Waals surface area contributed by atoms with E-state index in [9.17, 15) is 0 Å². The SMILES string of the molecule is Cc1c2c(c(C)n1-c1ccccc1)C1(CCCCC1C)NCC2. The van der Waals surface area contributed by atoms with Gasteiger partial charge in [0.25, 0.3) is 0 Å². The van der Waals surface area contributed by atoms with E-state index in [2.05, 4.69) is 61.0 Å². The van der Waals surface area contributed by atoms with Gasteiger partial charge in [-0.1, -0.05) is 38.0 Å². The van der Waals surface area contributed by atoms with E-state index < -0.39 is 0 Å². The number of benzene rings is 1. The van der Waals surface area contributed by atoms with E-state index in [-0.39, 0.29) is 5.54 Å². The van der Waals surface area contributed by atoms with Crippen molar-refractivity contribution in [1.29, 1.82) is 0 Å². The molecule has 1 aromatic carbocycles. The Labute approximate surface area is 139 Å². The van der Waals surface area contributed by atoms with E-state index in [1.165, 1.54) is 42.8 Å². The maximum absolute atomic E-state index is 3.96. The highest BCUT2D eigenvalue weighted by molar-refractivity contribution is 5.51. The number of rotatable bonds is 1. The van der Waals surface area contributed by atoms with Crippen LogP contribution in [0.5, 0.6) is 0 Å². The van der Waals surface area contributed by atoms with Crippen molar-refractivity contribution < 1.29 is 0 Å². The summed E-state index contributed by atoms with van der Waals surface area (Å²) in [5.74, 6) is 0.722. The predicted molar refractivity (Wildman–Crippen MR) is 96.3 cm³/mol. The molecule has 0 amide bonds. The summed E-state index contributed by atoms with van der Waals surface area (Å²) < 4.78 is 2.49. The molecule has 122 valence electrons. The zero-order valence-electron chi connectivity index (χ0n) is 14.7. The van der Waals surface area contributed by atoms with Crippen molar-refractivity contribution in [1.82, 2.24) is 9.88 Å². The molecule has 1 N–H and O–H groups in total. The average molecular weight is 308 g/mol. The van der Waals surface area contributed by atoms with E-state index in [4.69, 9.17) is 0 Å². The van der Waals surface area contributed by atoms with E-state index in [0.717, 1.165) is 18.9 Å². The summed E-state index contributed by atoms with van der Waals surface area (Å²) in [5, 5.41) is 3.96. The van der Waals surface area contributed by atoms with E-state index in [1.54, 1.807) is 11.1 Å². The van der Waals surface area contributed by atoms with Crippen LogP contribution < -0.4 is 5.32 Å². The fraction of sp³-hybridized carbons (Fsp3) is 0.524. The maximum atomic E-state index is 3.96. The van der Waals surface area contributed by atoms with Gasteiger partial charge < -0.3 is 9.88 Å². The molecule has 1 saturated carbocycles. The molecule has 1 aromatic heterocycles. The molecular formula is C21H28N2. The molecule has 2 unspecified atom stereocenters. The van der Waals surface area contributed by atoms with Crippen LogP contribution in [-0.2, 0) is 12.0 Å². The molecule has 2 atom stereocenters. The molecule has 1 aliphatic heterocycles. The summed E-state index contributed by atoms with van der Waals surface area (Å²) >= 11 is 0. The van der Waals surface area contributed by atoms with Gasteiger partial charge in [0.2, 0.25) is 0 Å². The van der Waals surface area contributed by atoms with Crippen molar-refractivity contribution in [2.45, 2.75) is 58.4 Å². The third kappa shape index (κ3) is 2.11. The number of para-hydroxylation sites is 1. The van der Waals surface area contributed by atoms with Gasteiger partial charge in [-0.25, -0.2) is 0 Å². The van der Waals surface area contributed by atoms with Gasteiger partial charge in [0, 0.05) is 29.2 Å². The molecule has 0 saturated heterocycles. The lowest BCUT2D eigenvalue weighted by molar-refractivity contribution is 0.145. The predicted octanol–water partition coefficient (Wildman–Crippen LogP) is 4.65. The lowest BCUT2D eigenvalue weighted by atomic mass is 9.67. The van der Waals surface area contributed by atoms with Crippen LogP contribution in [0.4, 0.5) is 0 Å². The van der Waals surface area contributed by atoms with Crippen molar-refractivity contribution in [3.05, 3.63) is 52.8 Å². The molecule has 1 aliphatic carbocycles. The molecule has 2 aliphatic rings. The highest BCUT2D eigenvalue weighted by atomic mass is 15.1. The van der Waals surface area contributed by atoms with Crippen LogP contribution >= 0.6 is 0 Å². The summed E-state index contributed by atoms with van der Waals surface area (Å²) in [6.07, 6.45) is 6.54. The quantitative estimate of drug-likeness (QED) is 0.811. The number of nitrogens with one attached hydrogen (secondary N) is 1. The first-order valence-corrected chi connectivity index (χ1v) is 9.17. The largest absolute Gasteiger partial charge is 0.318 e. The summed E-state index contributed by atoms with van der Waals surface area (Å²) in [5.41, 5.74) is 7.64. The third-order valence-corrected chi connectivity index (χ3v) is 6.35. The van der Waals surface area contributed by atoms with Gasteiger partial charge in [-0.15, -0.1) is 0 Å². The van der Waals surface area contributed by atoms with Crippen LogP contribution in [-0.4, -0.2) is 11.1 Å². The van der Waals surface area contributed by atoms with Crippen LogP contribution in [0.1, 0.15) is 55.1 Å². The highest BCUT2D eigenvalue weighted by Crippen LogP contribution is 2.47. The fourth-order valence-electron chi connectivity index (χ4n) is 5.24. The molecular weight excluding hydrogens is 280 g/mol. The lowest BCUT2D eigenvalue weighted by Gasteiger charge is -2.47. The van der Waals surface area contributed by atoms with Crippen molar-refractivity contribution in [3.63, 3.8) is 0 Å². The molecule has 2 aromatic rings. The Morgan fingerprint density at radius 1 is 1.09 bits per heavy atom. The third-order valence-electron chi connectivity index (χ3n) is 6.35. The normalized spacial score (nSPS) is 27.2. The zero-order valence-corrected chi connectivity index (χ0v) is 14.7. The Kier molecular flexibility index (Phi) is 3.60. The average Bonchev–Trinajstić information content (AvgIpc) is 2.84. The molecule has 2 heteroatoms. The second kappa shape index (κ2) is 5.52. The summed E-state index contributed by atoms with van der Waals surface area (Å²) in [6, 6.07) is 10.9. The van der Waals surface area contributed by atoms with Crippen molar-refractivity contribution >= 4 is 0 Å². The van der Waals surface area contributed by atoms with Gasteiger partial charge in [0.15, 0.2) is 0 Å². The molecule has 0 bridgehead atoms. The Morgan fingerprint density at radius 3 is 2.61 bits per heavy atom. The minimum absolute atomic E-state index is 0.209. The smallest absolute Gasteiger partial charge is 0.0481 e. The standard InChI is InChI=1S/C21H28N2/c1-15-9-7-8-13-21(15)20-17(3)23(18-10-5-4-6-11-18)16(2)19(20)12-14-22-21/h4-6,10-11,15,22H,7-9,12-14H2,1-3H3. The van der Waals surface area contributed by atoms with Gasteiger partial charge in [-0.3, -0.25) is 0 Å². The van der Waals surface area contributed by atoms with Crippen molar-refractivity contribution in [2.24, 2.45) is 5.92 Å². The monoisotopic (exact) mass is 308 g/mol. The first-order chi connectivity index (χ1) is 11.1. The van der Waals surface area contributed by atoms with Gasteiger partial charge in [-0.2, -0.15) is 0 Å². The number of fused-ring (bicyclic) bond motifs is 2. The van der Waals surface area contributed by atoms with Gasteiger partial charge in [0.1, 0.15) is 0 Å². The van der Waals surface area contributed by atoms with Gasteiger partial charge in [-0.05, 0) is 62.3 Å². The van der Waals surface area contributed by atoms with Crippen LogP contribution in [0.25, 0.3) is 5.69 Å². The van der Waals surface area contributed by atoms with Gasteiger partial charge in [0.05, 0.1) is 0 Å². The van der Waals surface area contributed by atoms with Crippen molar-refractivity contribution in [3.8, 4) is 5.69 Å². The van der Waals surface area contributed by atoms with Crippen LogP contribution in [0.15, 0.2) is 30.3 Å². The number of nitrogens with zero attached hydrogens (tertiary/aromatic N) is 1. The van der Waals surface area contributed by atoms with E-state index in [0.29, 0.717) is 0 Å². The minimum Gasteiger partial charge on any atom is -0.318 e. The highest BCUT2D eigenvalue weighted by Gasteiger charge is 2.45. The number of aromatic nitrogens is 1. The van der Waals surface area contributed by atoms with E-state index >= 15 is 0 Å². The first-order valence-electron chi connectivity index (χ1n) is 9.17. The molecule has 2 nitrogen and oxygen atoms in total. The Balaban J connectivity index is 1.94. The van der Waals surface area contributed by atoms with Crippen molar-refractivity contribution in [2.75, 3.05) is 6.54 Å². The molecule has 1 spiro atoms. The van der Waals surface area contributed by atoms with Crippen LogP contribution in [0.2, 0.25) is 0 Å². The van der Waals surface area contributed by atoms with E-state index in [1.807, 2.05) is 0 Å². The molecule has 1 fully saturated rings. The Hall–Kier alpha value is -1.54. The number of hydrogen-bond acceptors (Lipinski definition) is 1. The molecule has 23 heavy (non-hydrogen) atoms. The summed E-state index contributed by atoms with van der Waals surface area (Å²) in [6.45, 7) is 8.21. The Bertz CT molecular complexity index is 713. The summed E-state index contributed by atoms with van der Waals surface area (Å²) in [4.78, 5) is 0. The lowest BCUT2D eigenvalue weighted by Crippen LogP contribution is -2.53. The van der Waals surface area contributed by atoms with Crippen LogP contribution in [0, 0.1) is 19.8 Å². The fourth-order valence-corrected chi connectivity index (χ4v) is 5.24. The van der Waals surface area contributed by atoms with Crippen LogP contribution in [0.3, 0.4) is 0 Å². The number of hydrogen-bond donors (Lipinski definition) is 1. The second-order valence-corrected chi connectivity index (χ2v) is 7.49. The van der Waals surface area contributed by atoms with Gasteiger partial charge >= 0.3 is 0 Å². The summed E-state index contributed by atoms with van der Waals surface area (Å²) in [7, 11) is 0. The maximum Gasteiger partial charge on any atom is 0.0481 e. The first kappa shape index (κ1) is 15.0. The topological polar surface area (TPSA) is 17.0 Å². The zero-order chi connectivity index (χ0) is 16.0. The molecule has 4 rings (SSSR count). The second-order valence-electron chi connectivity index (χ2n) is 7.49. The molecule has 0 radical (unpaired) electrons. The minimum atomic E-state index is 0.209. The molecule has 2 heterocycles.